The first-order chi connectivity index (χ1) is 9.93. The summed E-state index contributed by atoms with van der Waals surface area (Å²) in [6, 6.07) is 4.16. The Hall–Kier alpha value is -1.73. The molecule has 21 heavy (non-hydrogen) atoms. The van der Waals surface area contributed by atoms with Crippen LogP contribution in [0.1, 0.15) is 5.56 Å². The van der Waals surface area contributed by atoms with Gasteiger partial charge in [0.2, 0.25) is 12.3 Å². The van der Waals surface area contributed by atoms with E-state index in [2.05, 4.69) is 10.6 Å². The van der Waals surface area contributed by atoms with Crippen LogP contribution in [0, 0.1) is 6.92 Å². The monoisotopic (exact) mass is 330 g/mol. The minimum atomic E-state index is -1.14. The average molecular weight is 331 g/mol. The normalized spacial score (nSPS) is 11.5. The highest BCUT2D eigenvalue weighted by Gasteiger charge is 2.16. The average Bonchev–Trinajstić information content (AvgIpc) is 2.41. The number of thioether (sulfide) groups is 1. The number of carbonyl (C=O) groups is 3. The van der Waals surface area contributed by atoms with Crippen LogP contribution < -0.4 is 10.6 Å². The molecule has 114 valence electrons. The standard InChI is InChI=1S/C13H15ClN2O4S/c1-8-2-3-9(14)4-10(8)16-12(18)6-21-5-11(13(19)20)15-7-17/h2-4,7,11H,5-6H2,1H3,(H,15,17)(H,16,18)(H,19,20). The van der Waals surface area contributed by atoms with Crippen molar-refractivity contribution in [1.29, 1.82) is 0 Å². The van der Waals surface area contributed by atoms with Crippen molar-refractivity contribution in [2.24, 2.45) is 0 Å². The van der Waals surface area contributed by atoms with Gasteiger partial charge in [-0.1, -0.05) is 17.7 Å². The van der Waals surface area contributed by atoms with E-state index in [0.29, 0.717) is 17.1 Å². The molecule has 8 heteroatoms. The molecule has 1 atom stereocenters. The first kappa shape index (κ1) is 17.3. The molecule has 0 radical (unpaired) electrons. The predicted octanol–water partition coefficient (Wildman–Crippen LogP) is 1.52. The third kappa shape index (κ3) is 6.05. The number of nitrogens with one attached hydrogen (secondary N) is 2. The highest BCUT2D eigenvalue weighted by Crippen LogP contribution is 2.20. The number of halogens is 1. The zero-order valence-corrected chi connectivity index (χ0v) is 12.8. The molecule has 0 aliphatic heterocycles. The Morgan fingerprint density at radius 3 is 2.81 bits per heavy atom. The molecule has 1 aromatic rings. The molecule has 0 fully saturated rings. The Morgan fingerprint density at radius 2 is 2.19 bits per heavy atom. The van der Waals surface area contributed by atoms with Crippen LogP contribution in [0.5, 0.6) is 0 Å². The lowest BCUT2D eigenvalue weighted by atomic mass is 10.2. The van der Waals surface area contributed by atoms with Gasteiger partial charge in [-0.2, -0.15) is 0 Å². The number of carboxylic acids is 1. The van der Waals surface area contributed by atoms with Crippen molar-refractivity contribution in [2.45, 2.75) is 13.0 Å². The van der Waals surface area contributed by atoms with Crippen LogP contribution in [0.3, 0.4) is 0 Å². The SMILES string of the molecule is Cc1ccc(Cl)cc1NC(=O)CSCC(NC=O)C(=O)O. The van der Waals surface area contributed by atoms with Gasteiger partial charge >= 0.3 is 5.97 Å². The lowest BCUT2D eigenvalue weighted by Crippen LogP contribution is -2.38. The Balaban J connectivity index is 2.45. The van der Waals surface area contributed by atoms with E-state index in [-0.39, 0.29) is 17.4 Å². The summed E-state index contributed by atoms with van der Waals surface area (Å²) in [5, 5.41) is 14.2. The summed E-state index contributed by atoms with van der Waals surface area (Å²) < 4.78 is 0. The van der Waals surface area contributed by atoms with E-state index in [1.165, 1.54) is 0 Å². The molecule has 0 saturated heterocycles. The number of hydrogen-bond donors (Lipinski definition) is 3. The predicted molar refractivity (Wildman–Crippen MR) is 82.8 cm³/mol. The van der Waals surface area contributed by atoms with Gasteiger partial charge in [-0.05, 0) is 24.6 Å². The number of hydrogen-bond acceptors (Lipinski definition) is 4. The highest BCUT2D eigenvalue weighted by atomic mass is 35.5. The van der Waals surface area contributed by atoms with E-state index in [0.717, 1.165) is 17.3 Å². The van der Waals surface area contributed by atoms with E-state index < -0.39 is 12.0 Å². The third-order valence-corrected chi connectivity index (χ3v) is 3.83. The van der Waals surface area contributed by atoms with E-state index in [9.17, 15) is 14.4 Å². The van der Waals surface area contributed by atoms with E-state index in [1.54, 1.807) is 18.2 Å². The maximum Gasteiger partial charge on any atom is 0.327 e. The smallest absolute Gasteiger partial charge is 0.327 e. The summed E-state index contributed by atoms with van der Waals surface area (Å²) >= 11 is 6.97. The zero-order chi connectivity index (χ0) is 15.8. The molecule has 1 aromatic carbocycles. The Labute approximate surface area is 131 Å². The Kier molecular flexibility index (Phi) is 7.04. The number of aliphatic carboxylic acids is 1. The van der Waals surface area contributed by atoms with Crippen molar-refractivity contribution in [3.8, 4) is 0 Å². The van der Waals surface area contributed by atoms with Crippen LogP contribution in [-0.4, -0.2) is 40.9 Å². The topological polar surface area (TPSA) is 95.5 Å². The number of carbonyl (C=O) groups excluding carboxylic acids is 2. The van der Waals surface area contributed by atoms with Gasteiger partial charge < -0.3 is 15.7 Å². The number of anilines is 1. The van der Waals surface area contributed by atoms with Crippen LogP contribution in [0.2, 0.25) is 5.02 Å². The zero-order valence-electron chi connectivity index (χ0n) is 11.3. The second-order valence-corrected chi connectivity index (χ2v) is 5.66. The molecular formula is C13H15ClN2O4S. The molecule has 1 unspecified atom stereocenters. The van der Waals surface area contributed by atoms with Gasteiger partial charge in [0.25, 0.3) is 0 Å². The van der Waals surface area contributed by atoms with Crippen molar-refractivity contribution in [2.75, 3.05) is 16.8 Å². The Morgan fingerprint density at radius 1 is 1.48 bits per heavy atom. The van der Waals surface area contributed by atoms with Crippen LogP contribution in [-0.2, 0) is 14.4 Å². The van der Waals surface area contributed by atoms with Gasteiger partial charge in [-0.15, -0.1) is 11.8 Å². The van der Waals surface area contributed by atoms with Crippen molar-refractivity contribution < 1.29 is 19.5 Å². The molecule has 0 bridgehead atoms. The molecule has 0 saturated carbocycles. The quantitative estimate of drug-likeness (QED) is 0.628. The number of benzene rings is 1. The van der Waals surface area contributed by atoms with Gasteiger partial charge in [0, 0.05) is 16.5 Å². The lowest BCUT2D eigenvalue weighted by molar-refractivity contribution is -0.139. The molecule has 6 nitrogen and oxygen atoms in total. The minimum Gasteiger partial charge on any atom is -0.480 e. The summed E-state index contributed by atoms with van der Waals surface area (Å²) in [5.74, 6) is -1.21. The number of aryl methyl sites for hydroxylation is 1. The van der Waals surface area contributed by atoms with Crippen molar-refractivity contribution in [1.82, 2.24) is 5.32 Å². The second kappa shape index (κ2) is 8.53. The van der Waals surface area contributed by atoms with E-state index in [4.69, 9.17) is 16.7 Å². The van der Waals surface area contributed by atoms with Gasteiger partial charge in [-0.3, -0.25) is 9.59 Å². The van der Waals surface area contributed by atoms with Crippen LogP contribution in [0.15, 0.2) is 18.2 Å². The first-order valence-electron chi connectivity index (χ1n) is 6.00. The highest BCUT2D eigenvalue weighted by molar-refractivity contribution is 8.00. The molecule has 0 aromatic heterocycles. The Bertz CT molecular complexity index is 539. The van der Waals surface area contributed by atoms with Crippen LogP contribution in [0.4, 0.5) is 5.69 Å². The maximum atomic E-state index is 11.8. The molecule has 0 heterocycles. The first-order valence-corrected chi connectivity index (χ1v) is 7.53. The summed E-state index contributed by atoms with van der Waals surface area (Å²) in [7, 11) is 0. The number of carboxylic acid groups (broad SMARTS) is 1. The maximum absolute atomic E-state index is 11.8. The van der Waals surface area contributed by atoms with E-state index in [1.807, 2.05) is 6.92 Å². The van der Waals surface area contributed by atoms with E-state index >= 15 is 0 Å². The molecule has 0 aliphatic rings. The summed E-state index contributed by atoms with van der Waals surface area (Å²) in [6.07, 6.45) is 0.328. The van der Waals surface area contributed by atoms with Gasteiger partial charge in [-0.25, -0.2) is 4.79 Å². The van der Waals surface area contributed by atoms with Gasteiger partial charge in [0.1, 0.15) is 6.04 Å². The second-order valence-electron chi connectivity index (χ2n) is 4.20. The molecule has 1 rings (SSSR count). The molecule has 2 amide bonds. The molecule has 0 aliphatic carbocycles. The fraction of sp³-hybridized carbons (Fsp3) is 0.308. The fourth-order valence-corrected chi connectivity index (χ4v) is 2.48. The largest absolute Gasteiger partial charge is 0.480 e. The molecular weight excluding hydrogens is 316 g/mol. The summed E-state index contributed by atoms with van der Waals surface area (Å²) in [4.78, 5) is 32.8. The minimum absolute atomic E-state index is 0.0796. The third-order valence-electron chi connectivity index (χ3n) is 2.56. The lowest BCUT2D eigenvalue weighted by Gasteiger charge is -2.11. The molecule has 3 N–H and O–H groups in total. The van der Waals surface area contributed by atoms with Crippen LogP contribution >= 0.6 is 23.4 Å². The number of amides is 2. The van der Waals surface area contributed by atoms with Gasteiger partial charge in [0.05, 0.1) is 5.75 Å². The van der Waals surface area contributed by atoms with Crippen LogP contribution in [0.25, 0.3) is 0 Å². The molecule has 0 spiro atoms. The fourth-order valence-electron chi connectivity index (χ4n) is 1.46. The van der Waals surface area contributed by atoms with Gasteiger partial charge in [0.15, 0.2) is 0 Å². The summed E-state index contributed by atoms with van der Waals surface area (Å²) in [5.41, 5.74) is 1.50. The van der Waals surface area contributed by atoms with Crippen molar-refractivity contribution >= 4 is 47.3 Å². The summed E-state index contributed by atoms with van der Waals surface area (Å²) in [6.45, 7) is 1.84. The number of rotatable bonds is 8. The van der Waals surface area contributed by atoms with Crippen molar-refractivity contribution in [3.05, 3.63) is 28.8 Å². The van der Waals surface area contributed by atoms with Crippen molar-refractivity contribution in [3.63, 3.8) is 0 Å².